The molecule has 0 saturated carbocycles. The van der Waals surface area contributed by atoms with E-state index in [-0.39, 0.29) is 18.0 Å². The third-order valence-corrected chi connectivity index (χ3v) is 3.25. The molecule has 1 aromatic rings. The van der Waals surface area contributed by atoms with Crippen molar-refractivity contribution in [2.45, 2.75) is 18.9 Å². The van der Waals surface area contributed by atoms with Crippen LogP contribution in [0.5, 0.6) is 5.75 Å². The minimum Gasteiger partial charge on any atom is -0.484 e. The summed E-state index contributed by atoms with van der Waals surface area (Å²) in [5, 5.41) is 19.6. The average Bonchev–Trinajstić information content (AvgIpc) is 2.94. The van der Waals surface area contributed by atoms with Crippen molar-refractivity contribution in [3.63, 3.8) is 0 Å². The molecule has 0 aromatic heterocycles. The van der Waals surface area contributed by atoms with Crippen LogP contribution < -0.4 is 4.74 Å². The number of hydrogen-bond acceptors (Lipinski definition) is 5. The van der Waals surface area contributed by atoms with E-state index < -0.39 is 22.8 Å². The number of amides is 1. The van der Waals surface area contributed by atoms with Gasteiger partial charge in [0.2, 0.25) is 0 Å². The molecule has 0 bridgehead atoms. The highest BCUT2D eigenvalue weighted by molar-refractivity contribution is 5.85. The number of nitro benzene ring substituents is 1. The number of carboxylic acids is 1. The van der Waals surface area contributed by atoms with Crippen LogP contribution in [0.1, 0.15) is 12.8 Å². The molecule has 0 aliphatic carbocycles. The van der Waals surface area contributed by atoms with E-state index in [9.17, 15) is 19.7 Å². The Morgan fingerprint density at radius 2 is 2.24 bits per heavy atom. The molecular weight excluding hydrogens is 280 g/mol. The second-order valence-electron chi connectivity index (χ2n) is 4.63. The van der Waals surface area contributed by atoms with Crippen molar-refractivity contribution in [2.24, 2.45) is 0 Å². The molecule has 8 nitrogen and oxygen atoms in total. The first-order chi connectivity index (χ1) is 9.99. The first-order valence-electron chi connectivity index (χ1n) is 6.38. The number of aliphatic carboxylic acids is 1. The lowest BCUT2D eigenvalue weighted by molar-refractivity contribution is -0.384. The van der Waals surface area contributed by atoms with Gasteiger partial charge in [0.05, 0.1) is 11.0 Å². The van der Waals surface area contributed by atoms with Gasteiger partial charge < -0.3 is 14.7 Å². The van der Waals surface area contributed by atoms with E-state index in [0.29, 0.717) is 19.4 Å². The Kier molecular flexibility index (Phi) is 4.36. The summed E-state index contributed by atoms with van der Waals surface area (Å²) in [6.07, 6.45) is 1.07. The van der Waals surface area contributed by atoms with Crippen LogP contribution in [0.2, 0.25) is 0 Å². The van der Waals surface area contributed by atoms with Gasteiger partial charge in [-0.2, -0.15) is 0 Å². The van der Waals surface area contributed by atoms with Gasteiger partial charge >= 0.3 is 5.97 Å². The third kappa shape index (κ3) is 3.47. The number of benzene rings is 1. The summed E-state index contributed by atoms with van der Waals surface area (Å²) in [6, 6.07) is 4.67. The number of hydrogen-bond donors (Lipinski definition) is 1. The third-order valence-electron chi connectivity index (χ3n) is 3.25. The SMILES string of the molecule is O=C(O)C1CCCN1C(=O)COc1cccc([N+](=O)[O-])c1. The van der Waals surface area contributed by atoms with Crippen molar-refractivity contribution in [3.05, 3.63) is 34.4 Å². The van der Waals surface area contributed by atoms with Crippen molar-refractivity contribution < 1.29 is 24.4 Å². The topological polar surface area (TPSA) is 110 Å². The van der Waals surface area contributed by atoms with Crippen molar-refractivity contribution in [1.82, 2.24) is 4.90 Å². The molecule has 1 aliphatic heterocycles. The largest absolute Gasteiger partial charge is 0.484 e. The number of likely N-dealkylation sites (tertiary alicyclic amines) is 1. The number of rotatable bonds is 5. The van der Waals surface area contributed by atoms with Gasteiger partial charge in [0, 0.05) is 12.6 Å². The van der Waals surface area contributed by atoms with Crippen molar-refractivity contribution in [3.8, 4) is 5.75 Å². The Morgan fingerprint density at radius 3 is 2.90 bits per heavy atom. The highest BCUT2D eigenvalue weighted by Crippen LogP contribution is 2.20. The predicted octanol–water partition coefficient (Wildman–Crippen LogP) is 1.05. The Hall–Kier alpha value is -2.64. The molecule has 8 heteroatoms. The molecule has 1 aromatic carbocycles. The van der Waals surface area contributed by atoms with Crippen molar-refractivity contribution in [2.75, 3.05) is 13.2 Å². The fraction of sp³-hybridized carbons (Fsp3) is 0.385. The quantitative estimate of drug-likeness (QED) is 0.642. The zero-order valence-corrected chi connectivity index (χ0v) is 11.1. The van der Waals surface area contributed by atoms with Crippen LogP contribution in [0.15, 0.2) is 24.3 Å². The Morgan fingerprint density at radius 1 is 1.48 bits per heavy atom. The van der Waals surface area contributed by atoms with Gasteiger partial charge in [-0.15, -0.1) is 0 Å². The van der Waals surface area contributed by atoms with Crippen LogP contribution in [-0.4, -0.2) is 46.0 Å². The van der Waals surface area contributed by atoms with Gasteiger partial charge in [-0.25, -0.2) is 4.79 Å². The Balaban J connectivity index is 1.96. The van der Waals surface area contributed by atoms with Crippen LogP contribution in [0.3, 0.4) is 0 Å². The lowest BCUT2D eigenvalue weighted by Crippen LogP contribution is -2.42. The molecule has 1 N–H and O–H groups in total. The van der Waals surface area contributed by atoms with E-state index in [1.54, 1.807) is 0 Å². The second-order valence-corrected chi connectivity index (χ2v) is 4.63. The zero-order chi connectivity index (χ0) is 15.4. The number of carbonyl (C=O) groups is 2. The molecule has 112 valence electrons. The minimum absolute atomic E-state index is 0.135. The van der Waals surface area contributed by atoms with Crippen molar-refractivity contribution in [1.29, 1.82) is 0 Å². The number of nitro groups is 1. The molecule has 1 aliphatic rings. The minimum atomic E-state index is -1.03. The van der Waals surface area contributed by atoms with E-state index >= 15 is 0 Å². The maximum Gasteiger partial charge on any atom is 0.326 e. The fourth-order valence-electron chi connectivity index (χ4n) is 2.24. The van der Waals surface area contributed by atoms with Gasteiger partial charge in [-0.3, -0.25) is 14.9 Å². The molecule has 2 rings (SSSR count). The van der Waals surface area contributed by atoms with Crippen LogP contribution in [0, 0.1) is 10.1 Å². The predicted molar refractivity (Wildman–Crippen MR) is 71.0 cm³/mol. The molecule has 21 heavy (non-hydrogen) atoms. The molecule has 0 spiro atoms. The monoisotopic (exact) mass is 294 g/mol. The maximum atomic E-state index is 12.0. The summed E-state index contributed by atoms with van der Waals surface area (Å²) >= 11 is 0. The number of non-ortho nitro benzene ring substituents is 1. The van der Waals surface area contributed by atoms with E-state index in [0.717, 1.165) is 0 Å². The van der Waals surface area contributed by atoms with Crippen LogP contribution in [0.4, 0.5) is 5.69 Å². The Labute approximate surface area is 120 Å². The van der Waals surface area contributed by atoms with Crippen LogP contribution in [-0.2, 0) is 9.59 Å². The molecule has 1 fully saturated rings. The highest BCUT2D eigenvalue weighted by atomic mass is 16.6. The van der Waals surface area contributed by atoms with Crippen molar-refractivity contribution >= 4 is 17.6 Å². The first kappa shape index (κ1) is 14.8. The average molecular weight is 294 g/mol. The van der Waals surface area contributed by atoms with E-state index in [4.69, 9.17) is 9.84 Å². The number of ether oxygens (including phenoxy) is 1. The zero-order valence-electron chi connectivity index (χ0n) is 11.1. The first-order valence-corrected chi connectivity index (χ1v) is 6.38. The summed E-state index contributed by atoms with van der Waals surface area (Å²) < 4.78 is 5.21. The molecule has 1 unspecified atom stereocenters. The molecule has 1 heterocycles. The molecular formula is C13H14N2O6. The summed E-state index contributed by atoms with van der Waals surface area (Å²) in [4.78, 5) is 34.3. The standard InChI is InChI=1S/C13H14N2O6/c16-12(14-6-2-5-11(14)13(17)18)8-21-10-4-1-3-9(7-10)15(19)20/h1,3-4,7,11H,2,5-6,8H2,(H,17,18). The normalized spacial score (nSPS) is 17.5. The van der Waals surface area contributed by atoms with Crippen LogP contribution in [0.25, 0.3) is 0 Å². The maximum absolute atomic E-state index is 12.0. The summed E-state index contributed by atoms with van der Waals surface area (Å²) in [6.45, 7) is 0.0407. The van der Waals surface area contributed by atoms with Gasteiger partial charge in [0.25, 0.3) is 11.6 Å². The second kappa shape index (κ2) is 6.21. The lowest BCUT2D eigenvalue weighted by Gasteiger charge is -2.21. The van der Waals surface area contributed by atoms with Gasteiger partial charge in [-0.05, 0) is 18.9 Å². The number of nitrogens with zero attached hydrogens (tertiary/aromatic N) is 2. The summed E-state index contributed by atoms with van der Waals surface area (Å²) in [5.41, 5.74) is -0.135. The summed E-state index contributed by atoms with van der Waals surface area (Å²) in [5.74, 6) is -1.27. The smallest absolute Gasteiger partial charge is 0.326 e. The van der Waals surface area contributed by atoms with Crippen LogP contribution >= 0.6 is 0 Å². The van der Waals surface area contributed by atoms with Gasteiger partial charge in [0.15, 0.2) is 6.61 Å². The summed E-state index contributed by atoms with van der Waals surface area (Å²) in [7, 11) is 0. The Bertz CT molecular complexity index is 574. The van der Waals surface area contributed by atoms with E-state index in [1.165, 1.54) is 29.2 Å². The number of carboxylic acid groups (broad SMARTS) is 1. The van der Waals surface area contributed by atoms with Gasteiger partial charge in [-0.1, -0.05) is 6.07 Å². The van der Waals surface area contributed by atoms with E-state index in [2.05, 4.69) is 0 Å². The lowest BCUT2D eigenvalue weighted by atomic mass is 10.2. The fourth-order valence-corrected chi connectivity index (χ4v) is 2.24. The highest BCUT2D eigenvalue weighted by Gasteiger charge is 2.33. The molecule has 1 atom stereocenters. The molecule has 1 saturated heterocycles. The molecule has 0 radical (unpaired) electrons. The van der Waals surface area contributed by atoms with E-state index in [1.807, 2.05) is 0 Å². The number of carbonyl (C=O) groups excluding carboxylic acids is 1. The van der Waals surface area contributed by atoms with Gasteiger partial charge in [0.1, 0.15) is 11.8 Å². The molecule has 1 amide bonds.